The third-order valence-electron chi connectivity index (χ3n) is 3.69. The Kier molecular flexibility index (Phi) is 5.14. The van der Waals surface area contributed by atoms with Crippen LogP contribution in [0.1, 0.15) is 37.8 Å². The van der Waals surface area contributed by atoms with Gasteiger partial charge in [-0.3, -0.25) is 4.90 Å². The Morgan fingerprint density at radius 2 is 2.00 bits per heavy atom. The van der Waals surface area contributed by atoms with E-state index in [0.717, 1.165) is 51.0 Å². The molecule has 1 aliphatic heterocycles. The quantitative estimate of drug-likeness (QED) is 0.864. The summed E-state index contributed by atoms with van der Waals surface area (Å²) in [6.07, 6.45) is 3.37. The Bertz CT molecular complexity index is 361. The van der Waals surface area contributed by atoms with Gasteiger partial charge in [0, 0.05) is 37.8 Å². The van der Waals surface area contributed by atoms with Gasteiger partial charge in [0.05, 0.1) is 0 Å². The predicted octanol–water partition coefficient (Wildman–Crippen LogP) is 2.96. The van der Waals surface area contributed by atoms with E-state index in [1.165, 1.54) is 0 Å². The Hall–Kier alpha value is -0.930. The SMILES string of the molecule is CCCC[C@H](c1ccccc1F)N1CCNCC1. The van der Waals surface area contributed by atoms with Gasteiger partial charge in [0.25, 0.3) is 0 Å². The van der Waals surface area contributed by atoms with Crippen molar-refractivity contribution in [2.24, 2.45) is 0 Å². The van der Waals surface area contributed by atoms with E-state index in [-0.39, 0.29) is 11.9 Å². The molecule has 18 heavy (non-hydrogen) atoms. The molecule has 1 heterocycles. The third kappa shape index (κ3) is 3.30. The zero-order valence-corrected chi connectivity index (χ0v) is 11.2. The van der Waals surface area contributed by atoms with Crippen molar-refractivity contribution in [2.45, 2.75) is 32.2 Å². The summed E-state index contributed by atoms with van der Waals surface area (Å²) in [4.78, 5) is 2.42. The molecule has 2 rings (SSSR count). The number of hydrogen-bond acceptors (Lipinski definition) is 2. The zero-order valence-electron chi connectivity index (χ0n) is 11.2. The highest BCUT2D eigenvalue weighted by molar-refractivity contribution is 5.21. The molecule has 0 aromatic heterocycles. The summed E-state index contributed by atoms with van der Waals surface area (Å²) >= 11 is 0. The smallest absolute Gasteiger partial charge is 0.127 e. The summed E-state index contributed by atoms with van der Waals surface area (Å²) in [5.41, 5.74) is 0.868. The van der Waals surface area contributed by atoms with E-state index in [0.29, 0.717) is 0 Å². The summed E-state index contributed by atoms with van der Waals surface area (Å²) in [7, 11) is 0. The van der Waals surface area contributed by atoms with Crippen molar-refractivity contribution in [1.29, 1.82) is 0 Å². The number of unbranched alkanes of at least 4 members (excludes halogenated alkanes) is 1. The van der Waals surface area contributed by atoms with Gasteiger partial charge in [-0.1, -0.05) is 38.0 Å². The average Bonchev–Trinajstić information content (AvgIpc) is 2.42. The Morgan fingerprint density at radius 3 is 2.67 bits per heavy atom. The van der Waals surface area contributed by atoms with E-state index in [1.807, 2.05) is 12.1 Å². The lowest BCUT2D eigenvalue weighted by atomic mass is 9.98. The molecule has 2 nitrogen and oxygen atoms in total. The monoisotopic (exact) mass is 250 g/mol. The fraction of sp³-hybridized carbons (Fsp3) is 0.600. The molecule has 1 fully saturated rings. The van der Waals surface area contributed by atoms with Crippen molar-refractivity contribution in [2.75, 3.05) is 26.2 Å². The van der Waals surface area contributed by atoms with Crippen LogP contribution in [0, 0.1) is 5.82 Å². The highest BCUT2D eigenvalue weighted by atomic mass is 19.1. The molecule has 1 N–H and O–H groups in total. The first-order chi connectivity index (χ1) is 8.83. The fourth-order valence-corrected chi connectivity index (χ4v) is 2.67. The van der Waals surface area contributed by atoms with E-state index in [4.69, 9.17) is 0 Å². The zero-order chi connectivity index (χ0) is 12.8. The van der Waals surface area contributed by atoms with E-state index in [2.05, 4.69) is 17.1 Å². The normalized spacial score (nSPS) is 18.8. The molecule has 0 bridgehead atoms. The first kappa shape index (κ1) is 13.5. The minimum atomic E-state index is -0.0582. The van der Waals surface area contributed by atoms with Gasteiger partial charge < -0.3 is 5.32 Å². The summed E-state index contributed by atoms with van der Waals surface area (Å²) in [6, 6.07) is 7.48. The lowest BCUT2D eigenvalue weighted by molar-refractivity contribution is 0.160. The molecule has 1 aromatic carbocycles. The van der Waals surface area contributed by atoms with Crippen LogP contribution in [0.5, 0.6) is 0 Å². The van der Waals surface area contributed by atoms with Gasteiger partial charge in [0.2, 0.25) is 0 Å². The van der Waals surface area contributed by atoms with Gasteiger partial charge in [-0.15, -0.1) is 0 Å². The minimum absolute atomic E-state index is 0.0582. The van der Waals surface area contributed by atoms with Gasteiger partial charge >= 0.3 is 0 Å². The van der Waals surface area contributed by atoms with Crippen LogP contribution >= 0.6 is 0 Å². The van der Waals surface area contributed by atoms with E-state index < -0.39 is 0 Å². The van der Waals surface area contributed by atoms with Crippen molar-refractivity contribution >= 4 is 0 Å². The largest absolute Gasteiger partial charge is 0.314 e. The highest BCUT2D eigenvalue weighted by Gasteiger charge is 2.23. The second-order valence-corrected chi connectivity index (χ2v) is 4.97. The molecule has 0 spiro atoms. The predicted molar refractivity (Wildman–Crippen MR) is 73.1 cm³/mol. The van der Waals surface area contributed by atoms with Gasteiger partial charge in [0.15, 0.2) is 0 Å². The number of halogens is 1. The van der Waals surface area contributed by atoms with Crippen LogP contribution < -0.4 is 5.32 Å². The minimum Gasteiger partial charge on any atom is -0.314 e. The van der Waals surface area contributed by atoms with Crippen molar-refractivity contribution in [3.63, 3.8) is 0 Å². The Balaban J connectivity index is 2.15. The summed E-state index contributed by atoms with van der Waals surface area (Å²) in [5.74, 6) is -0.0582. The topological polar surface area (TPSA) is 15.3 Å². The van der Waals surface area contributed by atoms with Crippen LogP contribution in [-0.4, -0.2) is 31.1 Å². The summed E-state index contributed by atoms with van der Waals surface area (Å²) in [5, 5.41) is 3.36. The van der Waals surface area contributed by atoms with Crippen molar-refractivity contribution in [1.82, 2.24) is 10.2 Å². The van der Waals surface area contributed by atoms with Gasteiger partial charge in [-0.05, 0) is 12.5 Å². The maximum absolute atomic E-state index is 14.0. The lowest BCUT2D eigenvalue weighted by Gasteiger charge is -2.35. The Labute approximate surface area is 109 Å². The molecule has 100 valence electrons. The summed E-state index contributed by atoms with van der Waals surface area (Å²) < 4.78 is 14.0. The van der Waals surface area contributed by atoms with Crippen LogP contribution in [0.4, 0.5) is 4.39 Å². The molecule has 0 aliphatic carbocycles. The van der Waals surface area contributed by atoms with Crippen LogP contribution in [0.25, 0.3) is 0 Å². The number of rotatable bonds is 5. The number of benzene rings is 1. The maximum atomic E-state index is 14.0. The second-order valence-electron chi connectivity index (χ2n) is 4.97. The molecular weight excluding hydrogens is 227 g/mol. The first-order valence-electron chi connectivity index (χ1n) is 7.02. The number of piperazine rings is 1. The molecule has 1 atom stereocenters. The van der Waals surface area contributed by atoms with Crippen molar-refractivity contribution in [3.8, 4) is 0 Å². The van der Waals surface area contributed by atoms with Gasteiger partial charge in [0.1, 0.15) is 5.82 Å². The van der Waals surface area contributed by atoms with Crippen LogP contribution in [0.15, 0.2) is 24.3 Å². The standard InChI is InChI=1S/C15H23FN2/c1-2-3-8-15(18-11-9-17-10-12-18)13-6-4-5-7-14(13)16/h4-7,15,17H,2-3,8-12H2,1H3/t15-/m1/s1. The molecule has 0 radical (unpaired) electrons. The van der Waals surface area contributed by atoms with E-state index in [9.17, 15) is 4.39 Å². The van der Waals surface area contributed by atoms with Crippen LogP contribution in [0.3, 0.4) is 0 Å². The molecule has 1 aliphatic rings. The maximum Gasteiger partial charge on any atom is 0.127 e. The number of hydrogen-bond donors (Lipinski definition) is 1. The molecule has 0 amide bonds. The molecular formula is C15H23FN2. The molecule has 1 aromatic rings. The molecule has 0 saturated carbocycles. The number of nitrogens with one attached hydrogen (secondary N) is 1. The van der Waals surface area contributed by atoms with Gasteiger partial charge in [-0.2, -0.15) is 0 Å². The van der Waals surface area contributed by atoms with Crippen LogP contribution in [-0.2, 0) is 0 Å². The average molecular weight is 250 g/mol. The third-order valence-corrected chi connectivity index (χ3v) is 3.69. The molecule has 3 heteroatoms. The van der Waals surface area contributed by atoms with Gasteiger partial charge in [-0.25, -0.2) is 4.39 Å². The summed E-state index contributed by atoms with van der Waals surface area (Å²) in [6.45, 7) is 6.25. The lowest BCUT2D eigenvalue weighted by Crippen LogP contribution is -2.45. The number of nitrogens with zero attached hydrogens (tertiary/aromatic N) is 1. The van der Waals surface area contributed by atoms with Crippen LogP contribution in [0.2, 0.25) is 0 Å². The van der Waals surface area contributed by atoms with E-state index >= 15 is 0 Å². The molecule has 0 unspecified atom stereocenters. The highest BCUT2D eigenvalue weighted by Crippen LogP contribution is 2.28. The Morgan fingerprint density at radius 1 is 1.28 bits per heavy atom. The van der Waals surface area contributed by atoms with Crippen molar-refractivity contribution < 1.29 is 4.39 Å². The molecule has 1 saturated heterocycles. The first-order valence-corrected chi connectivity index (χ1v) is 7.02. The second kappa shape index (κ2) is 6.86. The fourth-order valence-electron chi connectivity index (χ4n) is 2.67. The van der Waals surface area contributed by atoms with E-state index in [1.54, 1.807) is 12.1 Å². The van der Waals surface area contributed by atoms with Crippen molar-refractivity contribution in [3.05, 3.63) is 35.6 Å².